The summed E-state index contributed by atoms with van der Waals surface area (Å²) < 4.78 is 10.3. The highest BCUT2D eigenvalue weighted by Gasteiger charge is 2.21. The predicted octanol–water partition coefficient (Wildman–Crippen LogP) is 4.60. The lowest BCUT2D eigenvalue weighted by Crippen LogP contribution is -2.31. The number of methoxy groups -OCH3 is 1. The van der Waals surface area contributed by atoms with E-state index in [2.05, 4.69) is 10.6 Å². The van der Waals surface area contributed by atoms with Crippen LogP contribution in [-0.4, -0.2) is 24.8 Å². The molecule has 0 spiro atoms. The molecule has 1 heterocycles. The van der Waals surface area contributed by atoms with Gasteiger partial charge in [-0.1, -0.05) is 12.1 Å². The maximum absolute atomic E-state index is 12.0. The van der Waals surface area contributed by atoms with Crippen LogP contribution in [0.5, 0.6) is 5.75 Å². The molecule has 1 aromatic heterocycles. The van der Waals surface area contributed by atoms with E-state index in [0.29, 0.717) is 22.3 Å². The van der Waals surface area contributed by atoms with Crippen LogP contribution in [0.25, 0.3) is 0 Å². The Bertz CT molecular complexity index is 785. The molecule has 1 atom stereocenters. The summed E-state index contributed by atoms with van der Waals surface area (Å²) in [7, 11) is 1.38. The van der Waals surface area contributed by atoms with Crippen molar-refractivity contribution in [2.24, 2.45) is 0 Å². The number of carbonyl (C=O) groups is 1. The van der Waals surface area contributed by atoms with E-state index in [1.807, 2.05) is 52.0 Å². The van der Waals surface area contributed by atoms with Crippen LogP contribution in [0.4, 0.5) is 5.00 Å². The van der Waals surface area contributed by atoms with Gasteiger partial charge in [0.15, 0.2) is 5.11 Å². The predicted molar refractivity (Wildman–Crippen MR) is 111 cm³/mol. The van der Waals surface area contributed by atoms with E-state index in [0.717, 1.165) is 21.8 Å². The van der Waals surface area contributed by atoms with Gasteiger partial charge in [0.2, 0.25) is 0 Å². The van der Waals surface area contributed by atoms with Gasteiger partial charge in [-0.3, -0.25) is 0 Å². The number of hydrogen-bond acceptors (Lipinski definition) is 5. The summed E-state index contributed by atoms with van der Waals surface area (Å²) in [5.74, 6) is 0.480. The number of ether oxygens (including phenoxy) is 2. The number of esters is 1. The van der Waals surface area contributed by atoms with Crippen LogP contribution in [0.3, 0.4) is 0 Å². The average Bonchev–Trinajstić information content (AvgIpc) is 2.88. The van der Waals surface area contributed by atoms with Gasteiger partial charge in [0.25, 0.3) is 0 Å². The third-order valence-electron chi connectivity index (χ3n) is 4.04. The molecule has 7 heteroatoms. The molecule has 5 nitrogen and oxygen atoms in total. The first-order valence-electron chi connectivity index (χ1n) is 8.35. The quantitative estimate of drug-likeness (QED) is 0.553. The molecule has 0 saturated heterocycles. The van der Waals surface area contributed by atoms with Crippen molar-refractivity contribution in [1.82, 2.24) is 5.32 Å². The molecule has 1 aromatic carbocycles. The number of thiocarbonyl (C=S) groups is 1. The molecule has 0 saturated carbocycles. The summed E-state index contributed by atoms with van der Waals surface area (Å²) in [4.78, 5) is 13.1. The van der Waals surface area contributed by atoms with Crippen molar-refractivity contribution in [2.45, 2.75) is 33.7 Å². The molecule has 0 aliphatic rings. The molecule has 1 unspecified atom stereocenters. The van der Waals surface area contributed by atoms with Crippen LogP contribution < -0.4 is 15.4 Å². The molecule has 2 aromatic rings. The van der Waals surface area contributed by atoms with Gasteiger partial charge in [0, 0.05) is 4.88 Å². The number of nitrogens with one attached hydrogen (secondary N) is 2. The molecular weight excluding hydrogens is 368 g/mol. The summed E-state index contributed by atoms with van der Waals surface area (Å²) in [6.07, 6.45) is 0. The minimum absolute atomic E-state index is 0.00871. The molecule has 26 heavy (non-hydrogen) atoms. The van der Waals surface area contributed by atoms with E-state index < -0.39 is 0 Å². The fraction of sp³-hybridized carbons (Fsp3) is 0.368. The maximum Gasteiger partial charge on any atom is 0.341 e. The van der Waals surface area contributed by atoms with Crippen molar-refractivity contribution in [3.63, 3.8) is 0 Å². The van der Waals surface area contributed by atoms with E-state index in [1.165, 1.54) is 18.4 Å². The van der Waals surface area contributed by atoms with E-state index in [9.17, 15) is 4.79 Å². The standard InChI is InChI=1S/C19H24N2O3S2/c1-6-24-15-9-7-14(8-10-15)12(3)20-19(25)21-17-16(18(22)23-5)11(2)13(4)26-17/h7-10,12H,6H2,1-5H3,(H2,20,21,25). The largest absolute Gasteiger partial charge is 0.494 e. The lowest BCUT2D eigenvalue weighted by molar-refractivity contribution is 0.0601. The van der Waals surface area contributed by atoms with Crippen molar-refractivity contribution in [2.75, 3.05) is 19.0 Å². The van der Waals surface area contributed by atoms with Gasteiger partial charge in [-0.25, -0.2) is 4.79 Å². The van der Waals surface area contributed by atoms with E-state index >= 15 is 0 Å². The molecule has 0 fully saturated rings. The lowest BCUT2D eigenvalue weighted by Gasteiger charge is -2.17. The smallest absolute Gasteiger partial charge is 0.341 e. The van der Waals surface area contributed by atoms with Gasteiger partial charge < -0.3 is 20.1 Å². The molecule has 0 aliphatic carbocycles. The normalized spacial score (nSPS) is 11.6. The van der Waals surface area contributed by atoms with Crippen molar-refractivity contribution in [3.05, 3.63) is 45.8 Å². The summed E-state index contributed by atoms with van der Waals surface area (Å²) >= 11 is 6.91. The van der Waals surface area contributed by atoms with Gasteiger partial charge in [-0.05, 0) is 63.2 Å². The average molecular weight is 393 g/mol. The summed E-state index contributed by atoms with van der Waals surface area (Å²) in [5, 5.41) is 7.53. The second kappa shape index (κ2) is 9.00. The zero-order chi connectivity index (χ0) is 19.3. The Morgan fingerprint density at radius 2 is 1.92 bits per heavy atom. The van der Waals surface area contributed by atoms with Crippen molar-refractivity contribution in [3.8, 4) is 5.75 Å². The Morgan fingerprint density at radius 1 is 1.27 bits per heavy atom. The number of hydrogen-bond donors (Lipinski definition) is 2. The first-order valence-corrected chi connectivity index (χ1v) is 9.58. The summed E-state index contributed by atoms with van der Waals surface area (Å²) in [6, 6.07) is 7.90. The first kappa shape index (κ1) is 20.2. The van der Waals surface area contributed by atoms with E-state index in [-0.39, 0.29) is 12.0 Å². The SMILES string of the molecule is CCOc1ccc(C(C)NC(=S)Nc2sc(C)c(C)c2C(=O)OC)cc1. The Hall–Kier alpha value is -2.12. The third kappa shape index (κ3) is 4.74. The van der Waals surface area contributed by atoms with E-state index in [1.54, 1.807) is 0 Å². The molecule has 2 N–H and O–H groups in total. The Labute approximate surface area is 163 Å². The Morgan fingerprint density at radius 3 is 2.50 bits per heavy atom. The Kier molecular flexibility index (Phi) is 6.99. The molecule has 0 bridgehead atoms. The number of benzene rings is 1. The van der Waals surface area contributed by atoms with Gasteiger partial charge in [-0.15, -0.1) is 11.3 Å². The second-order valence-corrected chi connectivity index (χ2v) is 7.43. The molecular formula is C19H24N2O3S2. The summed E-state index contributed by atoms with van der Waals surface area (Å²) in [5.41, 5.74) is 2.53. The van der Waals surface area contributed by atoms with Gasteiger partial charge in [0.1, 0.15) is 10.8 Å². The highest BCUT2D eigenvalue weighted by molar-refractivity contribution is 7.80. The molecule has 140 valence electrons. The fourth-order valence-corrected chi connectivity index (χ4v) is 3.90. The molecule has 0 radical (unpaired) electrons. The molecule has 2 rings (SSSR count). The van der Waals surface area contributed by atoms with E-state index in [4.69, 9.17) is 21.7 Å². The monoisotopic (exact) mass is 392 g/mol. The van der Waals surface area contributed by atoms with Crippen molar-refractivity contribution < 1.29 is 14.3 Å². The van der Waals surface area contributed by atoms with Gasteiger partial charge >= 0.3 is 5.97 Å². The first-order chi connectivity index (χ1) is 12.4. The number of rotatable bonds is 6. The minimum Gasteiger partial charge on any atom is -0.494 e. The van der Waals surface area contributed by atoms with Crippen LogP contribution >= 0.6 is 23.6 Å². The van der Waals surface area contributed by atoms with Crippen LogP contribution in [-0.2, 0) is 4.74 Å². The van der Waals surface area contributed by atoms with Crippen LogP contribution in [0.1, 0.15) is 46.3 Å². The second-order valence-electron chi connectivity index (χ2n) is 5.80. The Balaban J connectivity index is 2.06. The number of aryl methyl sites for hydroxylation is 1. The number of anilines is 1. The number of thiophene rings is 1. The zero-order valence-corrected chi connectivity index (χ0v) is 17.3. The molecule has 0 amide bonds. The van der Waals surface area contributed by atoms with Crippen LogP contribution in [0, 0.1) is 13.8 Å². The van der Waals surface area contributed by atoms with Crippen molar-refractivity contribution in [1.29, 1.82) is 0 Å². The van der Waals surface area contributed by atoms with Crippen molar-refractivity contribution >= 4 is 39.6 Å². The molecule has 0 aliphatic heterocycles. The van der Waals surface area contributed by atoms with Crippen LogP contribution in [0.2, 0.25) is 0 Å². The highest BCUT2D eigenvalue weighted by Crippen LogP contribution is 2.33. The highest BCUT2D eigenvalue weighted by atomic mass is 32.1. The lowest BCUT2D eigenvalue weighted by atomic mass is 10.1. The van der Waals surface area contributed by atoms with Gasteiger partial charge in [-0.2, -0.15) is 0 Å². The fourth-order valence-electron chi connectivity index (χ4n) is 2.50. The number of carbonyl (C=O) groups excluding carboxylic acids is 1. The van der Waals surface area contributed by atoms with Gasteiger partial charge in [0.05, 0.1) is 25.3 Å². The zero-order valence-electron chi connectivity index (χ0n) is 15.6. The minimum atomic E-state index is -0.364. The maximum atomic E-state index is 12.0. The van der Waals surface area contributed by atoms with Crippen LogP contribution in [0.15, 0.2) is 24.3 Å². The third-order valence-corrected chi connectivity index (χ3v) is 5.38. The topological polar surface area (TPSA) is 59.6 Å². The summed E-state index contributed by atoms with van der Waals surface area (Å²) in [6.45, 7) is 8.50.